The highest BCUT2D eigenvalue weighted by molar-refractivity contribution is 6.08. The zero-order chi connectivity index (χ0) is 37.0. The van der Waals surface area contributed by atoms with Crippen LogP contribution >= 0.6 is 0 Å². The summed E-state index contributed by atoms with van der Waals surface area (Å²) in [6.07, 6.45) is 11.7. The molecule has 5 aromatic rings. The average Bonchev–Trinajstić information content (AvgIpc) is 3.67. The van der Waals surface area contributed by atoms with E-state index in [1.54, 1.807) is 0 Å². The number of fused-ring (bicyclic) bond motifs is 6. The molecule has 0 radical (unpaired) electrons. The summed E-state index contributed by atoms with van der Waals surface area (Å²) in [4.78, 5) is 2.40. The van der Waals surface area contributed by atoms with E-state index in [4.69, 9.17) is 18.6 Å². The van der Waals surface area contributed by atoms with Crippen molar-refractivity contribution < 1.29 is 33.5 Å². The van der Waals surface area contributed by atoms with Gasteiger partial charge in [0, 0.05) is 41.6 Å². The second kappa shape index (κ2) is 13.3. The lowest BCUT2D eigenvalue weighted by atomic mass is 9.79. The van der Waals surface area contributed by atoms with Gasteiger partial charge in [0.05, 0.1) is 20.3 Å². The number of hydrogen-bond donors (Lipinski definition) is 1. The number of benzene rings is 5. The largest absolute Gasteiger partial charge is 0.347 e. The monoisotopic (exact) mass is 711 g/mol. The molecular formula is C45H44ClN2O4+. The minimum absolute atomic E-state index is 0.103. The van der Waals surface area contributed by atoms with Crippen molar-refractivity contribution in [2.24, 2.45) is 0 Å². The van der Waals surface area contributed by atoms with E-state index < -0.39 is 10.2 Å². The Hall–Kier alpha value is -4.82. The molecule has 0 saturated heterocycles. The molecule has 5 aromatic carbocycles. The molecule has 8 rings (SSSR count). The molecule has 1 N–H and O–H groups in total. The van der Waals surface area contributed by atoms with E-state index in [2.05, 4.69) is 179 Å². The Morgan fingerprint density at radius 2 is 1.27 bits per heavy atom. The van der Waals surface area contributed by atoms with Crippen LogP contribution in [0.1, 0.15) is 57.2 Å². The van der Waals surface area contributed by atoms with Crippen LogP contribution in [-0.2, 0) is 10.8 Å². The van der Waals surface area contributed by atoms with Gasteiger partial charge in [0.1, 0.15) is 7.05 Å². The summed E-state index contributed by atoms with van der Waals surface area (Å²) < 4.78 is 35.1. The third-order valence-electron chi connectivity index (χ3n) is 11.0. The highest BCUT2D eigenvalue weighted by Crippen LogP contribution is 2.50. The molecule has 1 aliphatic carbocycles. The molecule has 0 bridgehead atoms. The van der Waals surface area contributed by atoms with Crippen LogP contribution in [0.2, 0.25) is 0 Å². The van der Waals surface area contributed by atoms with Gasteiger partial charge >= 0.3 is 0 Å². The lowest BCUT2D eigenvalue weighted by Crippen LogP contribution is -2.58. The molecule has 2 aliphatic heterocycles. The van der Waals surface area contributed by atoms with Crippen LogP contribution in [0.5, 0.6) is 0 Å². The normalized spacial score (nSPS) is 19.3. The first-order chi connectivity index (χ1) is 24.7. The SMILES string of the molecule is CN1/C(=C/C=C2\CCC(/C=C/C3=[N+](C)c4ccc5ccccc5c4C3(C)C)=C2c2ccccc2)C(C)(C)c2c1ccc1ccccc21.[O-][Cl+3]([O-])([O-])O. The van der Waals surface area contributed by atoms with Gasteiger partial charge < -0.3 is 4.90 Å². The highest BCUT2D eigenvalue weighted by atomic mass is 35.7. The van der Waals surface area contributed by atoms with Gasteiger partial charge in [-0.2, -0.15) is 18.6 Å². The number of hydrogen-bond acceptors (Lipinski definition) is 5. The first-order valence-electron chi connectivity index (χ1n) is 17.6. The second-order valence-corrected chi connectivity index (χ2v) is 15.6. The van der Waals surface area contributed by atoms with Gasteiger partial charge in [-0.25, -0.2) is 0 Å². The summed E-state index contributed by atoms with van der Waals surface area (Å²) in [7, 11) is -0.247. The third-order valence-corrected chi connectivity index (χ3v) is 11.0. The molecule has 0 saturated carbocycles. The molecule has 2 heterocycles. The number of rotatable bonds is 4. The average molecular weight is 712 g/mol. The van der Waals surface area contributed by atoms with Gasteiger partial charge in [-0.3, -0.25) is 0 Å². The zero-order valence-corrected chi connectivity index (χ0v) is 31.2. The van der Waals surface area contributed by atoms with Crippen molar-refractivity contribution in [3.63, 3.8) is 0 Å². The van der Waals surface area contributed by atoms with Crippen LogP contribution in [-0.4, -0.2) is 29.0 Å². The van der Waals surface area contributed by atoms with E-state index in [0.717, 1.165) is 12.8 Å². The predicted molar refractivity (Wildman–Crippen MR) is 203 cm³/mol. The Bertz CT molecular complexity index is 2370. The molecular weight excluding hydrogens is 668 g/mol. The van der Waals surface area contributed by atoms with Crippen LogP contribution in [0.25, 0.3) is 27.1 Å². The Kier molecular flexibility index (Phi) is 9.10. The molecule has 0 aromatic heterocycles. The maximum Gasteiger partial charge on any atom is 0.210 e. The van der Waals surface area contributed by atoms with E-state index in [9.17, 15) is 0 Å². The Balaban J connectivity index is 0.000000789. The van der Waals surface area contributed by atoms with E-state index in [1.807, 2.05) is 0 Å². The summed E-state index contributed by atoms with van der Waals surface area (Å²) in [6, 6.07) is 37.7. The lowest BCUT2D eigenvalue weighted by Gasteiger charge is -2.24. The molecule has 52 heavy (non-hydrogen) atoms. The molecule has 264 valence electrons. The standard InChI is InChI=1S/C45H43N2.ClHO4/c1-44(2)39(46(5)37-26-22-30-14-10-12-18-35(30)42(37)44)28-24-33-20-21-34(41(33)32-16-8-7-9-17-32)25-29-40-45(3,4)43-36-19-13-11-15-31(36)23-27-38(43)47(40)6;2-1(3,4)5/h7-19,22-29H,20-21H2,1-6H3;(H,2,3,4,5)/q+1;. The molecule has 0 unspecified atom stereocenters. The smallest absolute Gasteiger partial charge is 0.210 e. The topological polar surface area (TPSA) is 95.7 Å². The van der Waals surface area contributed by atoms with Crippen LogP contribution in [0.3, 0.4) is 0 Å². The van der Waals surface area contributed by atoms with Crippen LogP contribution in [0.15, 0.2) is 144 Å². The highest BCUT2D eigenvalue weighted by Gasteiger charge is 2.44. The molecule has 7 heteroatoms. The summed E-state index contributed by atoms with van der Waals surface area (Å²) in [6.45, 7) is 9.50. The fourth-order valence-corrected chi connectivity index (χ4v) is 8.78. The van der Waals surface area contributed by atoms with Gasteiger partial charge in [-0.15, -0.1) is 0 Å². The van der Waals surface area contributed by atoms with Gasteiger partial charge in [-0.1, -0.05) is 111 Å². The van der Waals surface area contributed by atoms with Crippen molar-refractivity contribution >= 4 is 44.2 Å². The van der Waals surface area contributed by atoms with Crippen molar-refractivity contribution in [2.45, 2.75) is 51.4 Å². The van der Waals surface area contributed by atoms with E-state index in [0.29, 0.717) is 0 Å². The predicted octanol–water partition coefficient (Wildman–Crippen LogP) is 6.92. The van der Waals surface area contributed by atoms with Crippen molar-refractivity contribution in [1.29, 1.82) is 0 Å². The summed E-state index contributed by atoms with van der Waals surface area (Å²) in [5, 5.41) is 5.31. The summed E-state index contributed by atoms with van der Waals surface area (Å²) >= 11 is 0. The van der Waals surface area contributed by atoms with E-state index in [-0.39, 0.29) is 10.8 Å². The molecule has 0 fully saturated rings. The Morgan fingerprint density at radius 1 is 0.692 bits per heavy atom. The first-order valence-corrected chi connectivity index (χ1v) is 18.8. The van der Waals surface area contributed by atoms with Gasteiger partial charge in [-0.05, 0) is 94.3 Å². The van der Waals surface area contributed by atoms with E-state index >= 15 is 0 Å². The zero-order valence-electron chi connectivity index (χ0n) is 30.5. The Morgan fingerprint density at radius 3 is 1.92 bits per heavy atom. The van der Waals surface area contributed by atoms with Gasteiger partial charge in [0.2, 0.25) is 5.69 Å². The van der Waals surface area contributed by atoms with Crippen molar-refractivity contribution in [2.75, 3.05) is 19.0 Å². The van der Waals surface area contributed by atoms with E-state index in [1.165, 1.54) is 77.7 Å². The maximum atomic E-state index is 8.60. The third kappa shape index (κ3) is 6.31. The molecule has 0 amide bonds. The Labute approximate surface area is 308 Å². The number of nitrogens with zero attached hydrogens (tertiary/aromatic N) is 2. The van der Waals surface area contributed by atoms with Crippen molar-refractivity contribution in [1.82, 2.24) is 0 Å². The van der Waals surface area contributed by atoms with Gasteiger partial charge in [0.25, 0.3) is 0 Å². The lowest BCUT2D eigenvalue weighted by molar-refractivity contribution is -1.92. The quantitative estimate of drug-likeness (QED) is 0.204. The minimum atomic E-state index is -4.69. The number of allylic oxidation sites excluding steroid dienone is 8. The summed E-state index contributed by atoms with van der Waals surface area (Å²) in [5.41, 5.74) is 13.4. The fourth-order valence-electron chi connectivity index (χ4n) is 8.78. The second-order valence-electron chi connectivity index (χ2n) is 14.9. The number of anilines is 1. The number of halogens is 1. The minimum Gasteiger partial charge on any atom is -0.347 e. The first kappa shape index (κ1) is 35.6. The molecule has 3 aliphatic rings. The van der Waals surface area contributed by atoms with Crippen LogP contribution in [0.4, 0.5) is 11.4 Å². The summed E-state index contributed by atoms with van der Waals surface area (Å²) in [5.74, 6) is 0. The molecule has 6 nitrogen and oxygen atoms in total. The fraction of sp³-hybridized carbons (Fsp3) is 0.222. The maximum absolute atomic E-state index is 8.60. The molecule has 0 spiro atoms. The van der Waals surface area contributed by atoms with Crippen LogP contribution < -0.4 is 18.9 Å². The molecule has 0 atom stereocenters. The van der Waals surface area contributed by atoms with Crippen molar-refractivity contribution in [3.8, 4) is 0 Å². The van der Waals surface area contributed by atoms with Gasteiger partial charge in [0.15, 0.2) is 5.71 Å². The number of likely N-dealkylation sites (N-methyl/N-ethyl adjacent to an activating group) is 1. The van der Waals surface area contributed by atoms with Crippen molar-refractivity contribution in [3.05, 3.63) is 161 Å². The van der Waals surface area contributed by atoms with Crippen LogP contribution in [0, 0.1) is 10.2 Å².